The Morgan fingerprint density at radius 1 is 1.53 bits per heavy atom. The van der Waals surface area contributed by atoms with Gasteiger partial charge in [0.05, 0.1) is 12.2 Å². The van der Waals surface area contributed by atoms with E-state index in [-0.39, 0.29) is 29.7 Å². The summed E-state index contributed by atoms with van der Waals surface area (Å²) in [5.74, 6) is -0.207. The van der Waals surface area contributed by atoms with Gasteiger partial charge >= 0.3 is 0 Å². The zero-order valence-corrected chi connectivity index (χ0v) is 11.7. The van der Waals surface area contributed by atoms with Gasteiger partial charge in [-0.25, -0.2) is 0 Å². The van der Waals surface area contributed by atoms with E-state index in [1.807, 2.05) is 0 Å². The number of Topliss-reactive ketones (excluding diaryl/α,β-unsaturated/α-hetero) is 1. The van der Waals surface area contributed by atoms with Crippen molar-refractivity contribution in [2.75, 3.05) is 13.2 Å². The van der Waals surface area contributed by atoms with Gasteiger partial charge in [0.25, 0.3) is 0 Å². The third-order valence-corrected chi connectivity index (χ3v) is 3.83. The molecule has 1 aromatic carbocycles. The topological polar surface area (TPSA) is 60.8 Å². The number of aliphatic hydroxyl groups is 1. The minimum Gasteiger partial charge on any atom is -0.507 e. The van der Waals surface area contributed by atoms with E-state index in [1.165, 1.54) is 13.0 Å². The molecule has 0 unspecified atom stereocenters. The lowest BCUT2D eigenvalue weighted by Crippen LogP contribution is -2.31. The standard InChI is InChI=1S/C14H18ClNO3/c1-9(18)13-6-11(15)5-10(14(13)19)7-16-4-2-3-12(16)8-17/h5-6,12,17,19H,2-4,7-8H2,1H3/t12-/m1/s1. The number of hydrogen-bond acceptors (Lipinski definition) is 4. The molecule has 0 aromatic heterocycles. The van der Waals surface area contributed by atoms with Gasteiger partial charge in [-0.05, 0) is 38.4 Å². The van der Waals surface area contributed by atoms with Crippen LogP contribution in [0.4, 0.5) is 0 Å². The Labute approximate surface area is 117 Å². The van der Waals surface area contributed by atoms with E-state index in [0.717, 1.165) is 19.4 Å². The molecule has 19 heavy (non-hydrogen) atoms. The van der Waals surface area contributed by atoms with Gasteiger partial charge in [-0.1, -0.05) is 11.6 Å². The van der Waals surface area contributed by atoms with Crippen LogP contribution in [0.1, 0.15) is 35.7 Å². The maximum Gasteiger partial charge on any atom is 0.163 e. The van der Waals surface area contributed by atoms with Crippen molar-refractivity contribution in [3.63, 3.8) is 0 Å². The van der Waals surface area contributed by atoms with Crippen molar-refractivity contribution in [1.82, 2.24) is 4.90 Å². The lowest BCUT2D eigenvalue weighted by Gasteiger charge is -2.23. The Morgan fingerprint density at radius 2 is 2.26 bits per heavy atom. The maximum atomic E-state index is 11.5. The molecule has 1 heterocycles. The van der Waals surface area contributed by atoms with Crippen LogP contribution >= 0.6 is 11.6 Å². The van der Waals surface area contributed by atoms with Crippen LogP contribution in [0.3, 0.4) is 0 Å². The number of aromatic hydroxyl groups is 1. The first-order valence-electron chi connectivity index (χ1n) is 6.40. The van der Waals surface area contributed by atoms with Crippen LogP contribution in [0.5, 0.6) is 5.75 Å². The van der Waals surface area contributed by atoms with E-state index < -0.39 is 0 Å². The number of ketones is 1. The minimum absolute atomic E-state index is 0.000454. The van der Waals surface area contributed by atoms with Crippen molar-refractivity contribution in [3.8, 4) is 5.75 Å². The fourth-order valence-electron chi connectivity index (χ4n) is 2.57. The number of nitrogens with zero attached hydrogens (tertiary/aromatic N) is 1. The summed E-state index contributed by atoms with van der Waals surface area (Å²) in [6.45, 7) is 2.90. The summed E-state index contributed by atoms with van der Waals surface area (Å²) in [4.78, 5) is 13.6. The predicted molar refractivity (Wildman–Crippen MR) is 73.6 cm³/mol. The van der Waals surface area contributed by atoms with Gasteiger partial charge in [0.2, 0.25) is 0 Å². The quantitative estimate of drug-likeness (QED) is 0.832. The summed E-state index contributed by atoms with van der Waals surface area (Å²) >= 11 is 5.99. The molecule has 1 saturated heterocycles. The molecule has 2 rings (SSSR count). The molecule has 1 aromatic rings. The number of aliphatic hydroxyl groups excluding tert-OH is 1. The third kappa shape index (κ3) is 3.08. The number of phenolic OH excluding ortho intramolecular Hbond substituents is 1. The second kappa shape index (κ2) is 5.90. The molecule has 1 atom stereocenters. The SMILES string of the molecule is CC(=O)c1cc(Cl)cc(CN2CCC[C@@H]2CO)c1O. The lowest BCUT2D eigenvalue weighted by atomic mass is 10.1. The highest BCUT2D eigenvalue weighted by atomic mass is 35.5. The predicted octanol–water partition coefficient (Wildman–Crippen LogP) is 2.20. The molecule has 5 heteroatoms. The Bertz CT molecular complexity index is 490. The molecule has 0 bridgehead atoms. The van der Waals surface area contributed by atoms with Crippen molar-refractivity contribution in [3.05, 3.63) is 28.3 Å². The number of likely N-dealkylation sites (tertiary alicyclic amines) is 1. The summed E-state index contributed by atoms with van der Waals surface area (Å²) in [5.41, 5.74) is 0.889. The fourth-order valence-corrected chi connectivity index (χ4v) is 2.81. The summed E-state index contributed by atoms with van der Waals surface area (Å²) < 4.78 is 0. The van der Waals surface area contributed by atoms with E-state index in [1.54, 1.807) is 6.07 Å². The van der Waals surface area contributed by atoms with Gasteiger partial charge in [0, 0.05) is 23.2 Å². The molecule has 0 saturated carbocycles. The minimum atomic E-state index is -0.207. The second-order valence-electron chi connectivity index (χ2n) is 4.97. The van der Waals surface area contributed by atoms with Crippen LogP contribution in [0.15, 0.2) is 12.1 Å². The summed E-state index contributed by atoms with van der Waals surface area (Å²) in [6.07, 6.45) is 1.99. The third-order valence-electron chi connectivity index (χ3n) is 3.62. The molecular formula is C14H18ClNO3. The van der Waals surface area contributed by atoms with Crippen LogP contribution < -0.4 is 0 Å². The number of phenols is 1. The Kier molecular flexibility index (Phi) is 4.45. The number of halogens is 1. The smallest absolute Gasteiger partial charge is 0.163 e. The van der Waals surface area contributed by atoms with E-state index in [9.17, 15) is 15.0 Å². The van der Waals surface area contributed by atoms with Gasteiger partial charge in [-0.2, -0.15) is 0 Å². The first-order chi connectivity index (χ1) is 9.02. The highest BCUT2D eigenvalue weighted by Crippen LogP contribution is 2.30. The number of carbonyl (C=O) groups excluding carboxylic acids is 1. The van der Waals surface area contributed by atoms with Crippen molar-refractivity contribution < 1.29 is 15.0 Å². The van der Waals surface area contributed by atoms with Crippen LogP contribution in [0, 0.1) is 0 Å². The van der Waals surface area contributed by atoms with Crippen LogP contribution in [-0.4, -0.2) is 40.1 Å². The molecule has 2 N–H and O–H groups in total. The van der Waals surface area contributed by atoms with Gasteiger partial charge in [-0.15, -0.1) is 0 Å². The van der Waals surface area contributed by atoms with Crippen molar-refractivity contribution in [2.45, 2.75) is 32.4 Å². The van der Waals surface area contributed by atoms with Gasteiger partial charge in [0.1, 0.15) is 5.75 Å². The lowest BCUT2D eigenvalue weighted by molar-refractivity contribution is 0.101. The van der Waals surface area contributed by atoms with Crippen molar-refractivity contribution in [2.24, 2.45) is 0 Å². The first kappa shape index (κ1) is 14.3. The zero-order valence-electron chi connectivity index (χ0n) is 10.9. The largest absolute Gasteiger partial charge is 0.507 e. The molecule has 1 aliphatic rings. The number of carbonyl (C=O) groups is 1. The first-order valence-corrected chi connectivity index (χ1v) is 6.78. The van der Waals surface area contributed by atoms with Crippen LogP contribution in [0.25, 0.3) is 0 Å². The summed E-state index contributed by atoms with van der Waals surface area (Å²) in [5, 5.41) is 19.9. The molecule has 0 radical (unpaired) electrons. The average molecular weight is 284 g/mol. The highest BCUT2D eigenvalue weighted by molar-refractivity contribution is 6.31. The van der Waals surface area contributed by atoms with E-state index in [4.69, 9.17) is 11.6 Å². The molecule has 1 fully saturated rings. The fraction of sp³-hybridized carbons (Fsp3) is 0.500. The Hall–Kier alpha value is -1.10. The molecule has 0 aliphatic carbocycles. The molecule has 0 amide bonds. The highest BCUT2D eigenvalue weighted by Gasteiger charge is 2.25. The Morgan fingerprint density at radius 3 is 2.89 bits per heavy atom. The average Bonchev–Trinajstić information content (AvgIpc) is 2.80. The summed E-state index contributed by atoms with van der Waals surface area (Å²) in [7, 11) is 0. The molecule has 4 nitrogen and oxygen atoms in total. The summed E-state index contributed by atoms with van der Waals surface area (Å²) in [6, 6.07) is 3.28. The van der Waals surface area contributed by atoms with Gasteiger partial charge < -0.3 is 10.2 Å². The normalized spacial score (nSPS) is 19.8. The van der Waals surface area contributed by atoms with Gasteiger partial charge in [-0.3, -0.25) is 9.69 Å². The van der Waals surface area contributed by atoms with Crippen molar-refractivity contribution in [1.29, 1.82) is 0 Å². The molecule has 1 aliphatic heterocycles. The van der Waals surface area contributed by atoms with Gasteiger partial charge in [0.15, 0.2) is 5.78 Å². The van der Waals surface area contributed by atoms with E-state index in [0.29, 0.717) is 17.1 Å². The maximum absolute atomic E-state index is 11.5. The monoisotopic (exact) mass is 283 g/mol. The zero-order chi connectivity index (χ0) is 14.0. The molecule has 0 spiro atoms. The molecule has 104 valence electrons. The van der Waals surface area contributed by atoms with E-state index >= 15 is 0 Å². The number of rotatable bonds is 4. The van der Waals surface area contributed by atoms with Crippen molar-refractivity contribution >= 4 is 17.4 Å². The second-order valence-corrected chi connectivity index (χ2v) is 5.40. The number of benzene rings is 1. The van der Waals surface area contributed by atoms with Crippen LogP contribution in [0.2, 0.25) is 5.02 Å². The molecular weight excluding hydrogens is 266 g/mol. The Balaban J connectivity index is 2.27. The van der Waals surface area contributed by atoms with Crippen LogP contribution in [-0.2, 0) is 6.54 Å². The van der Waals surface area contributed by atoms with E-state index in [2.05, 4.69) is 4.90 Å². The number of hydrogen-bond donors (Lipinski definition) is 2.